The lowest BCUT2D eigenvalue weighted by Crippen LogP contribution is -2.16. The van der Waals surface area contributed by atoms with Crippen LogP contribution in [0.4, 0.5) is 5.95 Å². The van der Waals surface area contributed by atoms with Crippen LogP contribution in [0.1, 0.15) is 10.4 Å². The monoisotopic (exact) mass is 449 g/mol. The van der Waals surface area contributed by atoms with Crippen molar-refractivity contribution in [2.45, 2.75) is 6.54 Å². The summed E-state index contributed by atoms with van der Waals surface area (Å²) in [6, 6.07) is 12.9. The Hall–Kier alpha value is -2.58. The zero-order valence-corrected chi connectivity index (χ0v) is 17.8. The zero-order valence-electron chi connectivity index (χ0n) is 16.1. The van der Waals surface area contributed by atoms with E-state index in [1.165, 1.54) is 0 Å². The SMILES string of the molecule is Br.COCCNc1nc2ccccc2n1CC(=O)c1ccc(OC)c(OC)c1. The Balaban J connectivity index is 0.00000280. The van der Waals surface area contributed by atoms with E-state index in [9.17, 15) is 4.79 Å². The van der Waals surface area contributed by atoms with E-state index < -0.39 is 0 Å². The number of ketones is 1. The van der Waals surface area contributed by atoms with Crippen LogP contribution in [-0.2, 0) is 11.3 Å². The summed E-state index contributed by atoms with van der Waals surface area (Å²) in [6.45, 7) is 1.31. The predicted octanol–water partition coefficient (Wildman–Crippen LogP) is 3.57. The van der Waals surface area contributed by atoms with Crippen LogP contribution in [0.15, 0.2) is 42.5 Å². The van der Waals surface area contributed by atoms with E-state index >= 15 is 0 Å². The molecule has 0 saturated heterocycles. The molecule has 0 unspecified atom stereocenters. The summed E-state index contributed by atoms with van der Waals surface area (Å²) in [5.74, 6) is 1.71. The second-order valence-electron chi connectivity index (χ2n) is 5.92. The highest BCUT2D eigenvalue weighted by Crippen LogP contribution is 2.28. The molecule has 0 saturated carbocycles. The molecular weight excluding hydrogens is 426 g/mol. The van der Waals surface area contributed by atoms with Crippen LogP contribution >= 0.6 is 17.0 Å². The number of hydrogen-bond donors (Lipinski definition) is 1. The average Bonchev–Trinajstić information content (AvgIpc) is 3.05. The maximum Gasteiger partial charge on any atom is 0.204 e. The number of carbonyl (C=O) groups excluding carboxylic acids is 1. The molecule has 0 radical (unpaired) electrons. The van der Waals surface area contributed by atoms with Crippen LogP contribution in [0.25, 0.3) is 11.0 Å². The molecule has 28 heavy (non-hydrogen) atoms. The number of fused-ring (bicyclic) bond motifs is 1. The van der Waals surface area contributed by atoms with Gasteiger partial charge in [-0.1, -0.05) is 12.1 Å². The third-order valence-corrected chi connectivity index (χ3v) is 4.25. The molecule has 1 aromatic heterocycles. The molecule has 7 nitrogen and oxygen atoms in total. The molecule has 2 aromatic carbocycles. The van der Waals surface area contributed by atoms with Crippen LogP contribution in [0.2, 0.25) is 0 Å². The first-order valence-corrected chi connectivity index (χ1v) is 8.61. The lowest BCUT2D eigenvalue weighted by atomic mass is 10.1. The van der Waals surface area contributed by atoms with Crippen LogP contribution in [0, 0.1) is 0 Å². The summed E-state index contributed by atoms with van der Waals surface area (Å²) in [5, 5.41) is 3.23. The predicted molar refractivity (Wildman–Crippen MR) is 114 cm³/mol. The van der Waals surface area contributed by atoms with Gasteiger partial charge in [-0.05, 0) is 30.3 Å². The molecule has 0 atom stereocenters. The Morgan fingerprint density at radius 1 is 1.07 bits per heavy atom. The van der Waals surface area contributed by atoms with E-state index in [0.717, 1.165) is 11.0 Å². The van der Waals surface area contributed by atoms with E-state index in [2.05, 4.69) is 10.3 Å². The number of rotatable bonds is 9. The Bertz CT molecular complexity index is 942. The van der Waals surface area contributed by atoms with Gasteiger partial charge in [-0.2, -0.15) is 0 Å². The number of para-hydroxylation sites is 2. The van der Waals surface area contributed by atoms with Crippen LogP contribution in [0.5, 0.6) is 11.5 Å². The van der Waals surface area contributed by atoms with Crippen molar-refractivity contribution >= 4 is 39.7 Å². The van der Waals surface area contributed by atoms with Crippen LogP contribution in [-0.4, -0.2) is 49.8 Å². The minimum Gasteiger partial charge on any atom is -0.493 e. The first-order valence-electron chi connectivity index (χ1n) is 8.61. The standard InChI is InChI=1S/C20H23N3O4.BrH/c1-25-11-10-21-20-22-15-6-4-5-7-16(15)23(20)13-17(24)14-8-9-18(26-2)19(12-14)27-3;/h4-9,12H,10-11,13H2,1-3H3,(H,21,22);1H. The van der Waals surface area contributed by atoms with Crippen molar-refractivity contribution in [2.24, 2.45) is 0 Å². The molecule has 0 aliphatic heterocycles. The van der Waals surface area contributed by atoms with Crippen LogP contribution < -0.4 is 14.8 Å². The van der Waals surface area contributed by atoms with E-state index in [1.807, 2.05) is 28.8 Å². The van der Waals surface area contributed by atoms with E-state index in [4.69, 9.17) is 14.2 Å². The molecule has 0 spiro atoms. The fraction of sp³-hybridized carbons (Fsp3) is 0.300. The summed E-state index contributed by atoms with van der Waals surface area (Å²) in [4.78, 5) is 17.5. The van der Waals surface area contributed by atoms with Gasteiger partial charge in [0, 0.05) is 19.2 Å². The second-order valence-corrected chi connectivity index (χ2v) is 5.92. The number of nitrogens with zero attached hydrogens (tertiary/aromatic N) is 2. The van der Waals surface area contributed by atoms with Gasteiger partial charge in [-0.15, -0.1) is 17.0 Å². The fourth-order valence-corrected chi connectivity index (χ4v) is 2.88. The van der Waals surface area contributed by atoms with Gasteiger partial charge in [0.15, 0.2) is 17.3 Å². The normalized spacial score (nSPS) is 10.4. The molecule has 0 aliphatic rings. The van der Waals surface area contributed by atoms with Crippen molar-refractivity contribution < 1.29 is 19.0 Å². The number of methoxy groups -OCH3 is 3. The number of imidazole rings is 1. The summed E-state index contributed by atoms with van der Waals surface area (Å²) < 4.78 is 17.5. The number of nitrogens with one attached hydrogen (secondary N) is 1. The summed E-state index contributed by atoms with van der Waals surface area (Å²) in [7, 11) is 4.76. The van der Waals surface area contributed by atoms with Gasteiger partial charge in [0.05, 0.1) is 38.4 Å². The van der Waals surface area contributed by atoms with Crippen molar-refractivity contribution in [3.63, 3.8) is 0 Å². The van der Waals surface area contributed by atoms with Crippen molar-refractivity contribution in [3.05, 3.63) is 48.0 Å². The van der Waals surface area contributed by atoms with Gasteiger partial charge < -0.3 is 24.1 Å². The van der Waals surface area contributed by atoms with Gasteiger partial charge in [-0.3, -0.25) is 4.79 Å². The first-order chi connectivity index (χ1) is 13.2. The van der Waals surface area contributed by atoms with Crippen molar-refractivity contribution in [2.75, 3.05) is 39.8 Å². The lowest BCUT2D eigenvalue weighted by molar-refractivity contribution is 0.0973. The van der Waals surface area contributed by atoms with Crippen molar-refractivity contribution in [1.29, 1.82) is 0 Å². The van der Waals surface area contributed by atoms with Gasteiger partial charge >= 0.3 is 0 Å². The number of carbonyl (C=O) groups is 1. The number of Topliss-reactive ketones (excluding diaryl/α,β-unsaturated/α-hetero) is 1. The highest BCUT2D eigenvalue weighted by Gasteiger charge is 2.16. The molecule has 0 bridgehead atoms. The highest BCUT2D eigenvalue weighted by atomic mass is 79.9. The van der Waals surface area contributed by atoms with Gasteiger partial charge in [-0.25, -0.2) is 4.98 Å². The van der Waals surface area contributed by atoms with Gasteiger partial charge in [0.1, 0.15) is 0 Å². The molecule has 150 valence electrons. The molecule has 3 rings (SSSR count). The topological polar surface area (TPSA) is 74.6 Å². The first kappa shape index (κ1) is 21.7. The molecule has 8 heteroatoms. The Labute approximate surface area is 174 Å². The smallest absolute Gasteiger partial charge is 0.204 e. The number of benzene rings is 2. The molecule has 1 heterocycles. The largest absolute Gasteiger partial charge is 0.493 e. The Kier molecular flexibility index (Phi) is 7.83. The summed E-state index contributed by atoms with van der Waals surface area (Å²) in [5.41, 5.74) is 2.28. The Morgan fingerprint density at radius 3 is 2.54 bits per heavy atom. The van der Waals surface area contributed by atoms with Crippen molar-refractivity contribution in [3.8, 4) is 11.5 Å². The maximum atomic E-state index is 12.9. The third-order valence-electron chi connectivity index (χ3n) is 4.25. The summed E-state index contributed by atoms with van der Waals surface area (Å²) in [6.07, 6.45) is 0. The average molecular weight is 450 g/mol. The van der Waals surface area contributed by atoms with Gasteiger partial charge in [0.2, 0.25) is 5.95 Å². The number of hydrogen-bond acceptors (Lipinski definition) is 6. The highest BCUT2D eigenvalue weighted by molar-refractivity contribution is 8.93. The minimum absolute atomic E-state index is 0. The summed E-state index contributed by atoms with van der Waals surface area (Å²) >= 11 is 0. The zero-order chi connectivity index (χ0) is 19.2. The molecule has 0 fully saturated rings. The number of anilines is 1. The minimum atomic E-state index is -0.0473. The maximum absolute atomic E-state index is 12.9. The number of aromatic nitrogens is 2. The van der Waals surface area contributed by atoms with E-state index in [0.29, 0.717) is 36.2 Å². The fourth-order valence-electron chi connectivity index (χ4n) is 2.88. The van der Waals surface area contributed by atoms with E-state index in [-0.39, 0.29) is 29.3 Å². The quantitative estimate of drug-likeness (QED) is 0.397. The van der Waals surface area contributed by atoms with E-state index in [1.54, 1.807) is 39.5 Å². The number of halogens is 1. The molecular formula is C20H24BrN3O4. The molecule has 3 aromatic rings. The van der Waals surface area contributed by atoms with Gasteiger partial charge in [0.25, 0.3) is 0 Å². The number of ether oxygens (including phenoxy) is 3. The van der Waals surface area contributed by atoms with Crippen LogP contribution in [0.3, 0.4) is 0 Å². The molecule has 1 N–H and O–H groups in total. The lowest BCUT2D eigenvalue weighted by Gasteiger charge is -2.12. The Morgan fingerprint density at radius 2 is 1.82 bits per heavy atom. The molecule has 0 aliphatic carbocycles. The van der Waals surface area contributed by atoms with Crippen molar-refractivity contribution in [1.82, 2.24) is 9.55 Å². The second kappa shape index (κ2) is 10.1. The molecule has 0 amide bonds. The third kappa shape index (κ3) is 4.63.